The maximum atomic E-state index is 8.78. The van der Waals surface area contributed by atoms with E-state index in [4.69, 9.17) is 5.11 Å². The Hall–Kier alpha value is -1.40. The van der Waals surface area contributed by atoms with Gasteiger partial charge in [-0.3, -0.25) is 4.68 Å². The van der Waals surface area contributed by atoms with Gasteiger partial charge in [0, 0.05) is 24.5 Å². The van der Waals surface area contributed by atoms with Gasteiger partial charge in [-0.2, -0.15) is 5.10 Å². The molecule has 0 aliphatic heterocycles. The molecule has 2 aromatic heterocycles. The highest BCUT2D eigenvalue weighted by molar-refractivity contribution is 9.10. The van der Waals surface area contributed by atoms with Crippen LogP contribution in [0.4, 0.5) is 5.69 Å². The molecule has 0 fully saturated rings. The summed E-state index contributed by atoms with van der Waals surface area (Å²) in [6, 6.07) is 3.83. The molecular formula is C11H13BrN4O. The van der Waals surface area contributed by atoms with Crippen molar-refractivity contribution in [2.75, 3.05) is 11.9 Å². The van der Waals surface area contributed by atoms with E-state index in [-0.39, 0.29) is 6.61 Å². The van der Waals surface area contributed by atoms with Crippen LogP contribution in [0.25, 0.3) is 0 Å². The molecule has 0 aliphatic rings. The molecule has 0 saturated carbocycles. The van der Waals surface area contributed by atoms with Crippen molar-refractivity contribution in [1.82, 2.24) is 14.8 Å². The summed E-state index contributed by atoms with van der Waals surface area (Å²) in [5.41, 5.74) is 2.01. The van der Waals surface area contributed by atoms with E-state index >= 15 is 0 Å². The predicted molar refractivity (Wildman–Crippen MR) is 68.6 cm³/mol. The maximum absolute atomic E-state index is 8.78. The van der Waals surface area contributed by atoms with E-state index in [0.717, 1.165) is 15.9 Å². The number of hydrogen-bond donors (Lipinski definition) is 2. The molecule has 5 nitrogen and oxygen atoms in total. The van der Waals surface area contributed by atoms with Crippen LogP contribution < -0.4 is 5.32 Å². The zero-order valence-electron chi connectivity index (χ0n) is 9.17. The number of nitrogens with zero attached hydrogens (tertiary/aromatic N) is 3. The molecule has 2 rings (SSSR count). The summed E-state index contributed by atoms with van der Waals surface area (Å²) in [4.78, 5) is 4.13. The molecule has 17 heavy (non-hydrogen) atoms. The lowest BCUT2D eigenvalue weighted by molar-refractivity contribution is 0.269. The molecular weight excluding hydrogens is 284 g/mol. The lowest BCUT2D eigenvalue weighted by atomic mass is 10.3. The molecule has 90 valence electrons. The van der Waals surface area contributed by atoms with Crippen molar-refractivity contribution in [2.24, 2.45) is 0 Å². The Labute approximate surface area is 108 Å². The summed E-state index contributed by atoms with van der Waals surface area (Å²) >= 11 is 3.37. The summed E-state index contributed by atoms with van der Waals surface area (Å²) in [7, 11) is 0. The first-order chi connectivity index (χ1) is 8.29. The standard InChI is InChI=1S/C11H13BrN4O/c12-11-10(2-1-3-13-11)14-6-9-7-15-16(8-9)4-5-17/h1-3,7-8,14,17H,4-6H2. The number of aliphatic hydroxyl groups excluding tert-OH is 1. The second-order valence-electron chi connectivity index (χ2n) is 3.53. The summed E-state index contributed by atoms with van der Waals surface area (Å²) in [6.45, 7) is 1.30. The van der Waals surface area contributed by atoms with Crippen LogP contribution in [0.15, 0.2) is 35.3 Å². The lowest BCUT2D eigenvalue weighted by Gasteiger charge is -2.05. The average Bonchev–Trinajstić information content (AvgIpc) is 2.76. The number of pyridine rings is 1. The Morgan fingerprint density at radius 3 is 3.12 bits per heavy atom. The zero-order chi connectivity index (χ0) is 12.1. The zero-order valence-corrected chi connectivity index (χ0v) is 10.8. The summed E-state index contributed by atoms with van der Waals surface area (Å²) in [5.74, 6) is 0. The van der Waals surface area contributed by atoms with Crippen molar-refractivity contribution in [3.05, 3.63) is 40.9 Å². The molecule has 2 aromatic rings. The predicted octanol–water partition coefficient (Wildman–Crippen LogP) is 1.64. The minimum absolute atomic E-state index is 0.0999. The van der Waals surface area contributed by atoms with Crippen molar-refractivity contribution >= 4 is 21.6 Å². The summed E-state index contributed by atoms with van der Waals surface area (Å²) in [5, 5.41) is 16.2. The molecule has 0 bridgehead atoms. The number of rotatable bonds is 5. The third kappa shape index (κ3) is 3.28. The molecule has 2 heterocycles. The number of nitrogens with one attached hydrogen (secondary N) is 1. The van der Waals surface area contributed by atoms with Gasteiger partial charge in [0.2, 0.25) is 0 Å². The minimum atomic E-state index is 0.0999. The number of anilines is 1. The summed E-state index contributed by atoms with van der Waals surface area (Å²) in [6.07, 6.45) is 5.43. The molecule has 0 atom stereocenters. The van der Waals surface area contributed by atoms with Gasteiger partial charge in [-0.1, -0.05) is 0 Å². The maximum Gasteiger partial charge on any atom is 0.129 e. The van der Waals surface area contributed by atoms with E-state index in [1.165, 1.54) is 0 Å². The van der Waals surface area contributed by atoms with Gasteiger partial charge in [-0.05, 0) is 28.1 Å². The van der Waals surface area contributed by atoms with Crippen LogP contribution in [0.5, 0.6) is 0 Å². The normalized spacial score (nSPS) is 10.5. The Morgan fingerprint density at radius 1 is 1.47 bits per heavy atom. The van der Waals surface area contributed by atoms with Gasteiger partial charge >= 0.3 is 0 Å². The van der Waals surface area contributed by atoms with Crippen molar-refractivity contribution in [1.29, 1.82) is 0 Å². The first kappa shape index (κ1) is 12.1. The Kier molecular flexibility index (Phi) is 4.11. The van der Waals surface area contributed by atoms with Gasteiger partial charge in [0.15, 0.2) is 0 Å². The largest absolute Gasteiger partial charge is 0.394 e. The average molecular weight is 297 g/mol. The van der Waals surface area contributed by atoms with Crippen molar-refractivity contribution in [3.63, 3.8) is 0 Å². The third-order valence-corrected chi connectivity index (χ3v) is 2.89. The van der Waals surface area contributed by atoms with E-state index in [2.05, 4.69) is 31.3 Å². The number of aromatic nitrogens is 3. The van der Waals surface area contributed by atoms with Gasteiger partial charge in [0.1, 0.15) is 4.60 Å². The first-order valence-corrected chi connectivity index (χ1v) is 6.05. The molecule has 0 saturated heterocycles. The van der Waals surface area contributed by atoms with Crippen LogP contribution in [-0.4, -0.2) is 26.5 Å². The van der Waals surface area contributed by atoms with Crippen LogP contribution in [0, 0.1) is 0 Å². The van der Waals surface area contributed by atoms with E-state index in [0.29, 0.717) is 13.1 Å². The monoisotopic (exact) mass is 296 g/mol. The van der Waals surface area contributed by atoms with Crippen molar-refractivity contribution < 1.29 is 5.11 Å². The molecule has 0 unspecified atom stereocenters. The highest BCUT2D eigenvalue weighted by Gasteiger charge is 2.01. The Bertz CT molecular complexity index is 486. The fourth-order valence-electron chi connectivity index (χ4n) is 1.44. The lowest BCUT2D eigenvalue weighted by Crippen LogP contribution is -2.02. The molecule has 6 heteroatoms. The molecule has 0 aromatic carbocycles. The molecule has 2 N–H and O–H groups in total. The second kappa shape index (κ2) is 5.79. The van der Waals surface area contributed by atoms with Gasteiger partial charge < -0.3 is 10.4 Å². The number of halogens is 1. The quantitative estimate of drug-likeness (QED) is 0.824. The van der Waals surface area contributed by atoms with Gasteiger partial charge in [0.25, 0.3) is 0 Å². The molecule has 0 aliphatic carbocycles. The fraction of sp³-hybridized carbons (Fsp3) is 0.273. The molecule has 0 amide bonds. The van der Waals surface area contributed by atoms with Gasteiger partial charge in [0.05, 0.1) is 25.0 Å². The van der Waals surface area contributed by atoms with E-state index < -0.39 is 0 Å². The smallest absolute Gasteiger partial charge is 0.129 e. The van der Waals surface area contributed by atoms with E-state index in [9.17, 15) is 0 Å². The van der Waals surface area contributed by atoms with Crippen LogP contribution in [-0.2, 0) is 13.1 Å². The summed E-state index contributed by atoms with van der Waals surface area (Å²) < 4.78 is 2.51. The number of hydrogen-bond acceptors (Lipinski definition) is 4. The molecule has 0 radical (unpaired) electrons. The van der Waals surface area contributed by atoms with Gasteiger partial charge in [-0.15, -0.1) is 0 Å². The second-order valence-corrected chi connectivity index (χ2v) is 4.28. The topological polar surface area (TPSA) is 63.0 Å². The van der Waals surface area contributed by atoms with E-state index in [1.54, 1.807) is 17.1 Å². The van der Waals surface area contributed by atoms with Crippen molar-refractivity contribution in [3.8, 4) is 0 Å². The van der Waals surface area contributed by atoms with Crippen molar-refractivity contribution in [2.45, 2.75) is 13.1 Å². The fourth-order valence-corrected chi connectivity index (χ4v) is 1.83. The Morgan fingerprint density at radius 2 is 2.35 bits per heavy atom. The SMILES string of the molecule is OCCn1cc(CNc2cccnc2Br)cn1. The van der Waals surface area contributed by atoms with E-state index in [1.807, 2.05) is 18.3 Å². The highest BCUT2D eigenvalue weighted by Crippen LogP contribution is 2.18. The highest BCUT2D eigenvalue weighted by atomic mass is 79.9. The Balaban J connectivity index is 1.95. The van der Waals surface area contributed by atoms with Crippen LogP contribution in [0.3, 0.4) is 0 Å². The third-order valence-electron chi connectivity index (χ3n) is 2.26. The van der Waals surface area contributed by atoms with Crippen LogP contribution in [0.1, 0.15) is 5.56 Å². The van der Waals surface area contributed by atoms with Gasteiger partial charge in [-0.25, -0.2) is 4.98 Å². The number of aliphatic hydroxyl groups is 1. The van der Waals surface area contributed by atoms with Crippen LogP contribution in [0.2, 0.25) is 0 Å². The first-order valence-electron chi connectivity index (χ1n) is 5.26. The van der Waals surface area contributed by atoms with Crippen LogP contribution >= 0.6 is 15.9 Å². The molecule has 0 spiro atoms. The minimum Gasteiger partial charge on any atom is -0.394 e.